The summed E-state index contributed by atoms with van der Waals surface area (Å²) in [5, 5.41) is 0.715. The fourth-order valence-corrected chi connectivity index (χ4v) is 1.90. The van der Waals surface area contributed by atoms with Gasteiger partial charge in [-0.15, -0.1) is 0 Å². The molecule has 0 spiro atoms. The summed E-state index contributed by atoms with van der Waals surface area (Å²) in [4.78, 5) is 2.30. The first-order valence-corrected chi connectivity index (χ1v) is 6.08. The summed E-state index contributed by atoms with van der Waals surface area (Å²) in [7, 11) is 2.12. The molecule has 1 aromatic carbocycles. The van der Waals surface area contributed by atoms with E-state index in [-0.39, 0.29) is 0 Å². The lowest BCUT2D eigenvalue weighted by atomic mass is 10.1. The van der Waals surface area contributed by atoms with E-state index in [4.69, 9.17) is 17.3 Å². The maximum absolute atomic E-state index is 5.96. The number of anilines is 1. The molecule has 0 aliphatic carbocycles. The minimum atomic E-state index is 0.715. The van der Waals surface area contributed by atoms with Crippen molar-refractivity contribution in [2.24, 2.45) is 5.92 Å². The van der Waals surface area contributed by atoms with Crippen LogP contribution in [0.2, 0.25) is 5.02 Å². The summed E-state index contributed by atoms with van der Waals surface area (Å²) in [6, 6.07) is 5.74. The van der Waals surface area contributed by atoms with Crippen molar-refractivity contribution in [2.75, 3.05) is 19.3 Å². The third-order valence-corrected chi connectivity index (χ3v) is 2.74. The fourth-order valence-electron chi connectivity index (χ4n) is 1.64. The Morgan fingerprint density at radius 1 is 1.31 bits per heavy atom. The molecular weight excluding hydrogens is 220 g/mol. The van der Waals surface area contributed by atoms with Crippen molar-refractivity contribution in [3.05, 3.63) is 28.8 Å². The summed E-state index contributed by atoms with van der Waals surface area (Å²) in [6.07, 6.45) is 1.21. The van der Waals surface area contributed by atoms with Gasteiger partial charge in [0.2, 0.25) is 0 Å². The van der Waals surface area contributed by atoms with Crippen LogP contribution in [0.4, 0.5) is 5.69 Å². The highest BCUT2D eigenvalue weighted by molar-refractivity contribution is 6.30. The Labute approximate surface area is 103 Å². The molecule has 90 valence electrons. The number of benzene rings is 1. The molecule has 0 aliphatic heterocycles. The molecule has 16 heavy (non-hydrogen) atoms. The van der Waals surface area contributed by atoms with Crippen LogP contribution in [-0.2, 0) is 6.54 Å². The van der Waals surface area contributed by atoms with Crippen LogP contribution in [0.5, 0.6) is 0 Å². The third-order valence-electron chi connectivity index (χ3n) is 2.52. The highest BCUT2D eigenvalue weighted by atomic mass is 35.5. The van der Waals surface area contributed by atoms with Crippen LogP contribution in [0.25, 0.3) is 0 Å². The molecule has 2 nitrogen and oxygen atoms in total. The lowest BCUT2D eigenvalue weighted by Gasteiger charge is -2.18. The van der Waals surface area contributed by atoms with E-state index in [1.807, 2.05) is 12.1 Å². The van der Waals surface area contributed by atoms with Crippen LogP contribution in [0, 0.1) is 5.92 Å². The van der Waals surface area contributed by atoms with E-state index in [0.29, 0.717) is 5.02 Å². The molecular formula is C13H21ClN2. The number of nitrogens with two attached hydrogens (primary N) is 1. The second-order valence-corrected chi connectivity index (χ2v) is 5.25. The van der Waals surface area contributed by atoms with E-state index in [0.717, 1.165) is 24.7 Å². The van der Waals surface area contributed by atoms with Crippen molar-refractivity contribution in [1.82, 2.24) is 4.90 Å². The van der Waals surface area contributed by atoms with Crippen LogP contribution in [0.15, 0.2) is 18.2 Å². The Hall–Kier alpha value is -0.730. The van der Waals surface area contributed by atoms with Crippen molar-refractivity contribution >= 4 is 17.3 Å². The summed E-state index contributed by atoms with van der Waals surface area (Å²) >= 11 is 5.96. The van der Waals surface area contributed by atoms with Crippen molar-refractivity contribution in [2.45, 2.75) is 26.8 Å². The predicted octanol–water partition coefficient (Wildman–Crippen LogP) is 3.40. The van der Waals surface area contributed by atoms with E-state index in [2.05, 4.69) is 25.8 Å². The van der Waals surface area contributed by atoms with Gasteiger partial charge in [-0.3, -0.25) is 0 Å². The largest absolute Gasteiger partial charge is 0.399 e. The SMILES string of the molecule is CC(C)CCN(C)Cc1cc(N)cc(Cl)c1. The quantitative estimate of drug-likeness (QED) is 0.800. The molecule has 0 radical (unpaired) electrons. The maximum atomic E-state index is 5.96. The van der Waals surface area contributed by atoms with E-state index in [1.54, 1.807) is 6.07 Å². The van der Waals surface area contributed by atoms with Crippen LogP contribution in [0.1, 0.15) is 25.8 Å². The van der Waals surface area contributed by atoms with Gasteiger partial charge in [0, 0.05) is 17.3 Å². The van der Waals surface area contributed by atoms with Gasteiger partial charge in [0.1, 0.15) is 0 Å². The monoisotopic (exact) mass is 240 g/mol. The molecule has 0 saturated carbocycles. The first-order valence-electron chi connectivity index (χ1n) is 5.71. The topological polar surface area (TPSA) is 29.3 Å². The molecule has 0 unspecified atom stereocenters. The third kappa shape index (κ3) is 4.86. The first-order chi connectivity index (χ1) is 7.47. The molecule has 0 bridgehead atoms. The molecule has 3 heteroatoms. The predicted molar refractivity (Wildman–Crippen MR) is 71.7 cm³/mol. The Morgan fingerprint density at radius 3 is 2.56 bits per heavy atom. The zero-order valence-electron chi connectivity index (χ0n) is 10.3. The average molecular weight is 241 g/mol. The molecule has 0 aliphatic rings. The van der Waals surface area contributed by atoms with E-state index in [1.165, 1.54) is 12.0 Å². The van der Waals surface area contributed by atoms with Gasteiger partial charge in [0.15, 0.2) is 0 Å². The normalized spacial score (nSPS) is 11.4. The van der Waals surface area contributed by atoms with Crippen molar-refractivity contribution in [1.29, 1.82) is 0 Å². The summed E-state index contributed by atoms with van der Waals surface area (Å²) in [5.74, 6) is 0.742. The van der Waals surface area contributed by atoms with Gasteiger partial charge in [0.25, 0.3) is 0 Å². The van der Waals surface area contributed by atoms with Crippen LogP contribution in [0.3, 0.4) is 0 Å². The molecule has 1 aromatic rings. The van der Waals surface area contributed by atoms with Crippen LogP contribution < -0.4 is 5.73 Å². The number of hydrogen-bond acceptors (Lipinski definition) is 2. The number of nitrogen functional groups attached to an aromatic ring is 1. The summed E-state index contributed by atoms with van der Waals surface area (Å²) in [5.41, 5.74) is 7.67. The molecule has 0 saturated heterocycles. The van der Waals surface area contributed by atoms with E-state index < -0.39 is 0 Å². The number of rotatable bonds is 5. The molecule has 0 amide bonds. The standard InChI is InChI=1S/C13H21ClN2/c1-10(2)4-5-16(3)9-11-6-12(14)8-13(15)7-11/h6-8,10H,4-5,9,15H2,1-3H3. The molecule has 0 atom stereocenters. The second kappa shape index (κ2) is 6.12. The van der Waals surface area contributed by atoms with Crippen molar-refractivity contribution in [3.8, 4) is 0 Å². The number of hydrogen-bond donors (Lipinski definition) is 1. The van der Waals surface area contributed by atoms with Gasteiger partial charge in [-0.05, 0) is 49.7 Å². The molecule has 2 N–H and O–H groups in total. The minimum Gasteiger partial charge on any atom is -0.399 e. The Balaban J connectivity index is 2.52. The fraction of sp³-hybridized carbons (Fsp3) is 0.538. The van der Waals surface area contributed by atoms with E-state index >= 15 is 0 Å². The summed E-state index contributed by atoms with van der Waals surface area (Å²) in [6.45, 7) is 6.48. The Morgan fingerprint density at radius 2 is 2.00 bits per heavy atom. The highest BCUT2D eigenvalue weighted by Crippen LogP contribution is 2.17. The number of nitrogens with zero attached hydrogens (tertiary/aromatic N) is 1. The molecule has 0 fully saturated rings. The smallest absolute Gasteiger partial charge is 0.0429 e. The van der Waals surface area contributed by atoms with E-state index in [9.17, 15) is 0 Å². The van der Waals surface area contributed by atoms with Gasteiger partial charge in [-0.25, -0.2) is 0 Å². The van der Waals surface area contributed by atoms with Gasteiger partial charge < -0.3 is 10.6 Å². The zero-order chi connectivity index (χ0) is 12.1. The summed E-state index contributed by atoms with van der Waals surface area (Å²) < 4.78 is 0. The molecule has 0 aromatic heterocycles. The number of halogens is 1. The van der Waals surface area contributed by atoms with Gasteiger partial charge in [-0.1, -0.05) is 25.4 Å². The Kier molecular flexibility index (Phi) is 5.10. The first kappa shape index (κ1) is 13.3. The maximum Gasteiger partial charge on any atom is 0.0429 e. The lowest BCUT2D eigenvalue weighted by Crippen LogP contribution is -2.20. The lowest BCUT2D eigenvalue weighted by molar-refractivity contribution is 0.303. The van der Waals surface area contributed by atoms with Gasteiger partial charge in [0.05, 0.1) is 0 Å². The molecule has 1 rings (SSSR count). The second-order valence-electron chi connectivity index (χ2n) is 4.81. The zero-order valence-corrected chi connectivity index (χ0v) is 11.1. The van der Waals surface area contributed by atoms with Gasteiger partial charge in [-0.2, -0.15) is 0 Å². The van der Waals surface area contributed by atoms with Crippen molar-refractivity contribution in [3.63, 3.8) is 0 Å². The average Bonchev–Trinajstić information content (AvgIpc) is 2.12. The van der Waals surface area contributed by atoms with Gasteiger partial charge >= 0.3 is 0 Å². The highest BCUT2D eigenvalue weighted by Gasteiger charge is 2.03. The van der Waals surface area contributed by atoms with Crippen LogP contribution in [-0.4, -0.2) is 18.5 Å². The minimum absolute atomic E-state index is 0.715. The van der Waals surface area contributed by atoms with Crippen LogP contribution >= 0.6 is 11.6 Å². The molecule has 0 heterocycles. The van der Waals surface area contributed by atoms with Crippen molar-refractivity contribution < 1.29 is 0 Å². The Bertz CT molecular complexity index is 316.